The van der Waals surface area contributed by atoms with Gasteiger partial charge in [0.25, 0.3) is 0 Å². The Hall–Kier alpha value is -0.890. The van der Waals surface area contributed by atoms with Crippen LogP contribution in [0, 0.1) is 6.92 Å². The van der Waals surface area contributed by atoms with Crippen LogP contribution in [0.25, 0.3) is 0 Å². The summed E-state index contributed by atoms with van der Waals surface area (Å²) in [6.45, 7) is 6.33. The standard InChI is InChI=1S/C12H18N2/c1-9-5-4-8-14-10(9)12(6-7-12)11(2,3)13/h4-5,8H,6-7,13H2,1-3H3. The van der Waals surface area contributed by atoms with Crippen molar-refractivity contribution >= 4 is 0 Å². The van der Waals surface area contributed by atoms with E-state index in [0.717, 1.165) is 0 Å². The molecule has 0 aliphatic heterocycles. The fraction of sp³-hybridized carbons (Fsp3) is 0.583. The lowest BCUT2D eigenvalue weighted by Crippen LogP contribution is -2.46. The zero-order valence-electron chi connectivity index (χ0n) is 9.17. The topological polar surface area (TPSA) is 38.9 Å². The molecule has 76 valence electrons. The molecule has 0 unspecified atom stereocenters. The minimum absolute atomic E-state index is 0.137. The molecule has 2 nitrogen and oxygen atoms in total. The fourth-order valence-corrected chi connectivity index (χ4v) is 2.30. The molecule has 2 N–H and O–H groups in total. The summed E-state index contributed by atoms with van der Waals surface area (Å²) in [5.41, 5.74) is 8.68. The normalized spacial score (nSPS) is 19.4. The molecule has 0 atom stereocenters. The molecule has 0 bridgehead atoms. The van der Waals surface area contributed by atoms with Gasteiger partial charge in [0.05, 0.1) is 5.69 Å². The van der Waals surface area contributed by atoms with Crippen LogP contribution in [-0.4, -0.2) is 10.5 Å². The lowest BCUT2D eigenvalue weighted by molar-refractivity contribution is 0.382. The second kappa shape index (κ2) is 2.80. The van der Waals surface area contributed by atoms with E-state index in [0.29, 0.717) is 0 Å². The zero-order valence-corrected chi connectivity index (χ0v) is 9.17. The number of hydrogen-bond acceptors (Lipinski definition) is 2. The lowest BCUT2D eigenvalue weighted by Gasteiger charge is -2.31. The number of hydrogen-bond donors (Lipinski definition) is 1. The van der Waals surface area contributed by atoms with Gasteiger partial charge in [-0.1, -0.05) is 6.07 Å². The van der Waals surface area contributed by atoms with E-state index in [-0.39, 0.29) is 11.0 Å². The molecule has 1 aliphatic carbocycles. The summed E-state index contributed by atoms with van der Waals surface area (Å²) in [7, 11) is 0. The Balaban J connectivity index is 2.46. The molecule has 2 rings (SSSR count). The molecule has 1 saturated carbocycles. The molecule has 1 aliphatic rings. The molecule has 14 heavy (non-hydrogen) atoms. The molecule has 2 heteroatoms. The highest BCUT2D eigenvalue weighted by Crippen LogP contribution is 2.54. The second-order valence-corrected chi connectivity index (χ2v) is 4.97. The van der Waals surface area contributed by atoms with Crippen molar-refractivity contribution in [1.29, 1.82) is 0 Å². The van der Waals surface area contributed by atoms with Crippen molar-refractivity contribution in [3.63, 3.8) is 0 Å². The van der Waals surface area contributed by atoms with Crippen LogP contribution in [-0.2, 0) is 5.41 Å². The van der Waals surface area contributed by atoms with Gasteiger partial charge < -0.3 is 5.73 Å². The molecule has 1 aromatic rings. The lowest BCUT2D eigenvalue weighted by atomic mass is 9.80. The summed E-state index contributed by atoms with van der Waals surface area (Å²) in [4.78, 5) is 4.50. The first kappa shape index (κ1) is 9.66. The highest BCUT2D eigenvalue weighted by molar-refractivity contribution is 5.36. The van der Waals surface area contributed by atoms with E-state index in [4.69, 9.17) is 5.73 Å². The highest BCUT2D eigenvalue weighted by Gasteiger charge is 2.55. The van der Waals surface area contributed by atoms with E-state index in [9.17, 15) is 0 Å². The zero-order chi connectivity index (χ0) is 10.4. The summed E-state index contributed by atoms with van der Waals surface area (Å²) >= 11 is 0. The Morgan fingerprint density at radius 3 is 2.50 bits per heavy atom. The monoisotopic (exact) mass is 190 g/mol. The van der Waals surface area contributed by atoms with Gasteiger partial charge in [0.2, 0.25) is 0 Å². The van der Waals surface area contributed by atoms with Gasteiger partial charge in [-0.3, -0.25) is 4.98 Å². The van der Waals surface area contributed by atoms with Crippen molar-refractivity contribution in [2.75, 3.05) is 0 Å². The number of pyridine rings is 1. The SMILES string of the molecule is Cc1cccnc1C1(C(C)(C)N)CC1. The van der Waals surface area contributed by atoms with Crippen LogP contribution in [0.5, 0.6) is 0 Å². The van der Waals surface area contributed by atoms with Crippen LogP contribution < -0.4 is 5.73 Å². The van der Waals surface area contributed by atoms with Crippen molar-refractivity contribution < 1.29 is 0 Å². The molecular formula is C12H18N2. The first-order chi connectivity index (χ1) is 6.47. The predicted octanol–water partition coefficient (Wildman–Crippen LogP) is 2.16. The van der Waals surface area contributed by atoms with Gasteiger partial charge in [-0.25, -0.2) is 0 Å². The minimum atomic E-state index is -0.161. The number of nitrogens with zero attached hydrogens (tertiary/aromatic N) is 1. The van der Waals surface area contributed by atoms with Crippen LogP contribution in [0.15, 0.2) is 18.3 Å². The van der Waals surface area contributed by atoms with Crippen LogP contribution >= 0.6 is 0 Å². The third kappa shape index (κ3) is 1.25. The van der Waals surface area contributed by atoms with Crippen molar-refractivity contribution in [1.82, 2.24) is 4.98 Å². The maximum Gasteiger partial charge on any atom is 0.0512 e. The van der Waals surface area contributed by atoms with E-state index in [1.54, 1.807) is 0 Å². The minimum Gasteiger partial charge on any atom is -0.325 e. The molecular weight excluding hydrogens is 172 g/mol. The average molecular weight is 190 g/mol. The fourth-order valence-electron chi connectivity index (χ4n) is 2.30. The quantitative estimate of drug-likeness (QED) is 0.776. The van der Waals surface area contributed by atoms with E-state index < -0.39 is 0 Å². The van der Waals surface area contributed by atoms with Crippen molar-refractivity contribution in [3.8, 4) is 0 Å². The van der Waals surface area contributed by atoms with Crippen LogP contribution in [0.4, 0.5) is 0 Å². The Labute approximate surface area is 85.5 Å². The number of aryl methyl sites for hydroxylation is 1. The summed E-state index contributed by atoms with van der Waals surface area (Å²) in [6.07, 6.45) is 4.22. The molecule has 0 radical (unpaired) electrons. The van der Waals surface area contributed by atoms with Crippen LogP contribution in [0.1, 0.15) is 37.9 Å². The number of nitrogens with two attached hydrogens (primary N) is 1. The van der Waals surface area contributed by atoms with Gasteiger partial charge in [-0.05, 0) is 45.2 Å². The summed E-state index contributed by atoms with van der Waals surface area (Å²) in [5.74, 6) is 0. The van der Waals surface area contributed by atoms with Gasteiger partial charge in [0.15, 0.2) is 0 Å². The highest BCUT2D eigenvalue weighted by atomic mass is 14.9. The van der Waals surface area contributed by atoms with Gasteiger partial charge in [-0.2, -0.15) is 0 Å². The Morgan fingerprint density at radius 2 is 2.07 bits per heavy atom. The molecule has 0 saturated heterocycles. The third-order valence-corrected chi connectivity index (χ3v) is 3.45. The van der Waals surface area contributed by atoms with Gasteiger partial charge in [0, 0.05) is 17.2 Å². The van der Waals surface area contributed by atoms with Gasteiger partial charge in [0.1, 0.15) is 0 Å². The Bertz CT molecular complexity index is 346. The van der Waals surface area contributed by atoms with Crippen molar-refractivity contribution in [2.45, 2.75) is 44.6 Å². The summed E-state index contributed by atoms with van der Waals surface area (Å²) < 4.78 is 0. The number of aromatic nitrogens is 1. The molecule has 0 spiro atoms. The third-order valence-electron chi connectivity index (χ3n) is 3.45. The molecule has 0 aromatic carbocycles. The van der Waals surface area contributed by atoms with Gasteiger partial charge in [-0.15, -0.1) is 0 Å². The van der Waals surface area contributed by atoms with Crippen LogP contribution in [0.3, 0.4) is 0 Å². The Morgan fingerprint density at radius 1 is 1.43 bits per heavy atom. The molecule has 1 heterocycles. The molecule has 1 fully saturated rings. The average Bonchev–Trinajstić information content (AvgIpc) is 2.84. The van der Waals surface area contributed by atoms with E-state index >= 15 is 0 Å². The first-order valence-electron chi connectivity index (χ1n) is 5.18. The smallest absolute Gasteiger partial charge is 0.0512 e. The van der Waals surface area contributed by atoms with Crippen molar-refractivity contribution in [2.24, 2.45) is 5.73 Å². The summed E-state index contributed by atoms with van der Waals surface area (Å²) in [6, 6.07) is 4.10. The van der Waals surface area contributed by atoms with Crippen LogP contribution in [0.2, 0.25) is 0 Å². The second-order valence-electron chi connectivity index (χ2n) is 4.97. The largest absolute Gasteiger partial charge is 0.325 e. The van der Waals surface area contributed by atoms with Crippen molar-refractivity contribution in [3.05, 3.63) is 29.6 Å². The Kier molecular flexibility index (Phi) is 1.93. The van der Waals surface area contributed by atoms with Gasteiger partial charge >= 0.3 is 0 Å². The van der Waals surface area contributed by atoms with E-state index in [1.165, 1.54) is 24.1 Å². The maximum atomic E-state index is 6.24. The summed E-state index contributed by atoms with van der Waals surface area (Å²) in [5, 5.41) is 0. The predicted molar refractivity (Wildman–Crippen MR) is 58.2 cm³/mol. The number of rotatable bonds is 2. The molecule has 1 aromatic heterocycles. The molecule has 0 amide bonds. The first-order valence-corrected chi connectivity index (χ1v) is 5.18. The van der Waals surface area contributed by atoms with E-state index in [2.05, 4.69) is 31.8 Å². The van der Waals surface area contributed by atoms with E-state index in [1.807, 2.05) is 12.3 Å². The maximum absolute atomic E-state index is 6.24.